The third kappa shape index (κ3) is 4.46. The number of anilines is 1. The lowest BCUT2D eigenvalue weighted by atomic mass is 10.1. The average Bonchev–Trinajstić information content (AvgIpc) is 2.94. The molecule has 0 aliphatic heterocycles. The summed E-state index contributed by atoms with van der Waals surface area (Å²) in [4.78, 5) is 12.1. The highest BCUT2D eigenvalue weighted by Crippen LogP contribution is 2.20. The molecule has 0 saturated carbocycles. The van der Waals surface area contributed by atoms with Crippen molar-refractivity contribution in [1.29, 1.82) is 0 Å². The summed E-state index contributed by atoms with van der Waals surface area (Å²) in [6.45, 7) is 0.612. The molecule has 24 heavy (non-hydrogen) atoms. The highest BCUT2D eigenvalue weighted by Gasteiger charge is 2.11. The van der Waals surface area contributed by atoms with Gasteiger partial charge in [0.25, 0.3) is 0 Å². The van der Waals surface area contributed by atoms with Gasteiger partial charge >= 0.3 is 0 Å². The molecule has 1 amide bonds. The second-order valence-corrected chi connectivity index (χ2v) is 5.95. The van der Waals surface area contributed by atoms with E-state index in [2.05, 4.69) is 10.4 Å². The molecule has 0 radical (unpaired) electrons. The zero-order chi connectivity index (χ0) is 16.8. The molecule has 0 unspecified atom stereocenters. The molecule has 0 spiro atoms. The molecule has 1 N–H and O–H groups in total. The van der Waals surface area contributed by atoms with Crippen LogP contribution in [-0.2, 0) is 17.8 Å². The molecule has 4 nitrogen and oxygen atoms in total. The monoisotopic (exact) mass is 339 g/mol. The minimum atomic E-state index is -0.0919. The normalized spacial score (nSPS) is 10.5. The lowest BCUT2D eigenvalue weighted by Gasteiger charge is -2.03. The molecule has 0 fully saturated rings. The van der Waals surface area contributed by atoms with E-state index in [1.807, 2.05) is 60.7 Å². The average molecular weight is 340 g/mol. The third-order valence-corrected chi connectivity index (χ3v) is 3.92. The number of aromatic nitrogens is 2. The molecule has 0 aliphatic carbocycles. The Hall–Kier alpha value is -2.59. The van der Waals surface area contributed by atoms with E-state index in [1.165, 1.54) is 0 Å². The number of rotatable bonds is 6. The molecule has 122 valence electrons. The molecule has 3 aromatic rings. The van der Waals surface area contributed by atoms with E-state index in [0.717, 1.165) is 11.1 Å². The first kappa shape index (κ1) is 16.3. The molecule has 0 atom stereocenters. The first-order chi connectivity index (χ1) is 11.7. The first-order valence-electron chi connectivity index (χ1n) is 7.81. The summed E-state index contributed by atoms with van der Waals surface area (Å²) in [5.41, 5.74) is 2.26. The van der Waals surface area contributed by atoms with Crippen molar-refractivity contribution in [3.63, 3.8) is 0 Å². The summed E-state index contributed by atoms with van der Waals surface area (Å²) >= 11 is 6.17. The summed E-state index contributed by atoms with van der Waals surface area (Å²) in [6.07, 6.45) is 2.81. The van der Waals surface area contributed by atoms with Gasteiger partial charge in [0.05, 0.1) is 6.54 Å². The van der Waals surface area contributed by atoms with Crippen LogP contribution >= 0.6 is 11.6 Å². The molecule has 1 aromatic heterocycles. The number of hydrogen-bond donors (Lipinski definition) is 1. The predicted octanol–water partition coefficient (Wildman–Crippen LogP) is 4.16. The van der Waals surface area contributed by atoms with Crippen LogP contribution in [0.1, 0.15) is 17.5 Å². The maximum Gasteiger partial charge on any atom is 0.225 e. The Morgan fingerprint density at radius 2 is 1.62 bits per heavy atom. The molecule has 2 aromatic carbocycles. The van der Waals surface area contributed by atoms with Crippen molar-refractivity contribution in [3.8, 4) is 0 Å². The van der Waals surface area contributed by atoms with Crippen LogP contribution in [-0.4, -0.2) is 15.7 Å². The van der Waals surface area contributed by atoms with E-state index in [0.29, 0.717) is 30.2 Å². The molecule has 5 heteroatoms. The van der Waals surface area contributed by atoms with Crippen molar-refractivity contribution >= 4 is 23.3 Å². The third-order valence-electron chi connectivity index (χ3n) is 3.65. The van der Waals surface area contributed by atoms with Crippen LogP contribution in [0.3, 0.4) is 0 Å². The van der Waals surface area contributed by atoms with Gasteiger partial charge in [-0.3, -0.25) is 9.48 Å². The van der Waals surface area contributed by atoms with Crippen LogP contribution in [0, 0.1) is 0 Å². The SMILES string of the molecule is O=C(CCc1ccccc1)Nc1nn(Cc2ccccc2)cc1Cl. The number of benzene rings is 2. The van der Waals surface area contributed by atoms with E-state index in [1.54, 1.807) is 10.9 Å². The van der Waals surface area contributed by atoms with Gasteiger partial charge in [-0.05, 0) is 17.5 Å². The van der Waals surface area contributed by atoms with Gasteiger partial charge in [-0.2, -0.15) is 5.10 Å². The number of nitrogens with one attached hydrogen (secondary N) is 1. The van der Waals surface area contributed by atoms with Crippen molar-refractivity contribution in [1.82, 2.24) is 9.78 Å². The minimum absolute atomic E-state index is 0.0919. The van der Waals surface area contributed by atoms with Crippen LogP contribution in [0.2, 0.25) is 5.02 Å². The summed E-state index contributed by atoms with van der Waals surface area (Å²) in [6, 6.07) is 19.9. The van der Waals surface area contributed by atoms with Crippen LogP contribution in [0.15, 0.2) is 66.9 Å². The Labute approximate surface area is 146 Å². The van der Waals surface area contributed by atoms with Gasteiger partial charge in [-0.1, -0.05) is 72.3 Å². The number of nitrogens with zero attached hydrogens (tertiary/aromatic N) is 2. The Kier molecular flexibility index (Phi) is 5.29. The van der Waals surface area contributed by atoms with Gasteiger partial charge in [0.15, 0.2) is 5.82 Å². The number of amides is 1. The van der Waals surface area contributed by atoms with Gasteiger partial charge in [0.1, 0.15) is 5.02 Å². The lowest BCUT2D eigenvalue weighted by molar-refractivity contribution is -0.116. The van der Waals surface area contributed by atoms with Gasteiger partial charge in [0, 0.05) is 12.6 Å². The van der Waals surface area contributed by atoms with Gasteiger partial charge in [-0.25, -0.2) is 0 Å². The van der Waals surface area contributed by atoms with Gasteiger partial charge in [-0.15, -0.1) is 0 Å². The standard InChI is InChI=1S/C19H18ClN3O/c20-17-14-23(13-16-9-5-2-6-10-16)22-19(17)21-18(24)12-11-15-7-3-1-4-8-15/h1-10,14H,11-13H2,(H,21,22,24). The minimum Gasteiger partial charge on any atom is -0.308 e. The summed E-state index contributed by atoms with van der Waals surface area (Å²) in [7, 11) is 0. The van der Waals surface area contributed by atoms with Crippen molar-refractivity contribution in [2.24, 2.45) is 0 Å². The maximum absolute atomic E-state index is 12.1. The number of halogens is 1. The highest BCUT2D eigenvalue weighted by atomic mass is 35.5. The topological polar surface area (TPSA) is 46.9 Å². The number of carbonyl (C=O) groups is 1. The summed E-state index contributed by atoms with van der Waals surface area (Å²) in [5.74, 6) is 0.316. The molecular weight excluding hydrogens is 322 g/mol. The Balaban J connectivity index is 1.58. The van der Waals surface area contributed by atoms with E-state index < -0.39 is 0 Å². The molecule has 1 heterocycles. The molecular formula is C19H18ClN3O. The van der Waals surface area contributed by atoms with Crippen molar-refractivity contribution in [2.45, 2.75) is 19.4 Å². The van der Waals surface area contributed by atoms with Gasteiger partial charge in [0.2, 0.25) is 5.91 Å². The predicted molar refractivity (Wildman–Crippen MR) is 96.2 cm³/mol. The second kappa shape index (κ2) is 7.79. The quantitative estimate of drug-likeness (QED) is 0.733. The number of hydrogen-bond acceptors (Lipinski definition) is 2. The van der Waals surface area contributed by atoms with E-state index >= 15 is 0 Å². The fraction of sp³-hybridized carbons (Fsp3) is 0.158. The smallest absolute Gasteiger partial charge is 0.225 e. The zero-order valence-corrected chi connectivity index (χ0v) is 13.9. The van der Waals surface area contributed by atoms with Gasteiger partial charge < -0.3 is 5.32 Å². The molecule has 0 saturated heterocycles. The fourth-order valence-electron chi connectivity index (χ4n) is 2.43. The number of aryl methyl sites for hydroxylation is 1. The van der Waals surface area contributed by atoms with Crippen LogP contribution < -0.4 is 5.32 Å². The first-order valence-corrected chi connectivity index (χ1v) is 8.19. The van der Waals surface area contributed by atoms with Crippen LogP contribution in [0.5, 0.6) is 0 Å². The Bertz CT molecular complexity index is 800. The van der Waals surface area contributed by atoms with Crippen molar-refractivity contribution in [2.75, 3.05) is 5.32 Å². The lowest BCUT2D eigenvalue weighted by Crippen LogP contribution is -2.13. The molecule has 0 aliphatic rings. The van der Waals surface area contributed by atoms with E-state index in [4.69, 9.17) is 11.6 Å². The van der Waals surface area contributed by atoms with E-state index in [9.17, 15) is 4.79 Å². The molecule has 3 rings (SSSR count). The van der Waals surface area contributed by atoms with Crippen molar-refractivity contribution in [3.05, 3.63) is 83.0 Å². The maximum atomic E-state index is 12.1. The second-order valence-electron chi connectivity index (χ2n) is 5.54. The Morgan fingerprint density at radius 3 is 2.29 bits per heavy atom. The van der Waals surface area contributed by atoms with Crippen molar-refractivity contribution < 1.29 is 4.79 Å². The largest absolute Gasteiger partial charge is 0.308 e. The van der Waals surface area contributed by atoms with Crippen LogP contribution in [0.4, 0.5) is 5.82 Å². The highest BCUT2D eigenvalue weighted by molar-refractivity contribution is 6.33. The zero-order valence-electron chi connectivity index (χ0n) is 13.2. The number of carbonyl (C=O) groups excluding carboxylic acids is 1. The Morgan fingerprint density at radius 1 is 1.00 bits per heavy atom. The van der Waals surface area contributed by atoms with E-state index in [-0.39, 0.29) is 5.91 Å². The molecule has 0 bridgehead atoms. The van der Waals surface area contributed by atoms with Crippen LogP contribution in [0.25, 0.3) is 0 Å². The summed E-state index contributed by atoms with van der Waals surface area (Å²) in [5, 5.41) is 7.58. The fourth-order valence-corrected chi connectivity index (χ4v) is 2.63. The summed E-state index contributed by atoms with van der Waals surface area (Å²) < 4.78 is 1.73.